The van der Waals surface area contributed by atoms with Crippen LogP contribution in [0.15, 0.2) is 60.8 Å². The van der Waals surface area contributed by atoms with Gasteiger partial charge in [-0.05, 0) is 18.6 Å². The largest absolute Gasteiger partial charge is 0.343 e. The maximum atomic E-state index is 4.63. The Morgan fingerprint density at radius 2 is 1.62 bits per heavy atom. The molecule has 0 saturated carbocycles. The highest BCUT2D eigenvalue weighted by atomic mass is 14.9. The minimum atomic E-state index is 1.08. The van der Waals surface area contributed by atoms with E-state index in [1.54, 1.807) is 0 Å². The van der Waals surface area contributed by atoms with Crippen LogP contribution in [0.4, 0.5) is 0 Å². The number of benzene rings is 2. The second-order valence-electron chi connectivity index (χ2n) is 5.42. The van der Waals surface area contributed by atoms with Crippen LogP contribution < -0.4 is 0 Å². The number of rotatable bonds is 1. The Morgan fingerprint density at radius 1 is 0.905 bits per heavy atom. The molecule has 0 N–H and O–H groups in total. The summed E-state index contributed by atoms with van der Waals surface area (Å²) in [6.45, 7) is 2.09. The van der Waals surface area contributed by atoms with Crippen molar-refractivity contribution in [3.63, 3.8) is 0 Å². The summed E-state index contributed by atoms with van der Waals surface area (Å²) < 4.78 is 2.28. The first-order valence-corrected chi connectivity index (χ1v) is 7.15. The highest BCUT2D eigenvalue weighted by Crippen LogP contribution is 2.35. The Bertz CT molecular complexity index is 950. The molecule has 0 aliphatic heterocycles. The third kappa shape index (κ3) is 1.69. The molecular formula is C19H16N2. The molecule has 0 unspecified atom stereocenters. The predicted molar refractivity (Wildman–Crippen MR) is 88.4 cm³/mol. The summed E-state index contributed by atoms with van der Waals surface area (Å²) >= 11 is 0. The van der Waals surface area contributed by atoms with Gasteiger partial charge in [0.15, 0.2) is 0 Å². The van der Waals surface area contributed by atoms with Gasteiger partial charge in [0.2, 0.25) is 0 Å². The minimum Gasteiger partial charge on any atom is -0.343 e. The summed E-state index contributed by atoms with van der Waals surface area (Å²) in [7, 11) is 2.14. The van der Waals surface area contributed by atoms with Crippen LogP contribution >= 0.6 is 0 Å². The van der Waals surface area contributed by atoms with Crippen LogP contribution in [-0.2, 0) is 7.05 Å². The fraction of sp³-hybridized carbons (Fsp3) is 0.105. The van der Waals surface area contributed by atoms with E-state index in [4.69, 9.17) is 0 Å². The van der Waals surface area contributed by atoms with Crippen LogP contribution in [0, 0.1) is 6.92 Å². The minimum absolute atomic E-state index is 1.08. The zero-order valence-corrected chi connectivity index (χ0v) is 12.2. The van der Waals surface area contributed by atoms with Crippen LogP contribution in [0.25, 0.3) is 32.9 Å². The van der Waals surface area contributed by atoms with Crippen molar-refractivity contribution in [2.75, 3.05) is 0 Å². The summed E-state index contributed by atoms with van der Waals surface area (Å²) in [5, 5.41) is 2.53. The maximum Gasteiger partial charge on any atom is 0.0602 e. The van der Waals surface area contributed by atoms with Gasteiger partial charge in [-0.15, -0.1) is 0 Å². The Balaban J connectivity index is 2.23. The number of hydrogen-bond acceptors (Lipinski definition) is 1. The lowest BCUT2D eigenvalue weighted by Crippen LogP contribution is -1.92. The highest BCUT2D eigenvalue weighted by Gasteiger charge is 2.15. The monoisotopic (exact) mass is 272 g/mol. The first-order valence-electron chi connectivity index (χ1n) is 7.15. The molecule has 2 heteroatoms. The molecule has 4 rings (SSSR count). The van der Waals surface area contributed by atoms with Gasteiger partial charge in [0, 0.05) is 40.8 Å². The molecule has 2 aromatic carbocycles. The zero-order chi connectivity index (χ0) is 14.4. The van der Waals surface area contributed by atoms with E-state index in [0.717, 1.165) is 5.69 Å². The molecule has 0 amide bonds. The van der Waals surface area contributed by atoms with Gasteiger partial charge < -0.3 is 4.57 Å². The molecule has 0 spiro atoms. The second-order valence-corrected chi connectivity index (χ2v) is 5.42. The molecule has 21 heavy (non-hydrogen) atoms. The van der Waals surface area contributed by atoms with Crippen molar-refractivity contribution in [2.24, 2.45) is 7.05 Å². The molecule has 0 atom stereocenters. The van der Waals surface area contributed by atoms with Gasteiger partial charge in [0.1, 0.15) is 0 Å². The normalized spacial score (nSPS) is 11.3. The van der Waals surface area contributed by atoms with Crippen molar-refractivity contribution in [1.82, 2.24) is 9.55 Å². The quantitative estimate of drug-likeness (QED) is 0.491. The SMILES string of the molecule is Cc1ncc(-c2ccccc2)c2c1c1ccccc1n2C. The number of aromatic nitrogens is 2. The van der Waals surface area contributed by atoms with E-state index in [-0.39, 0.29) is 0 Å². The molecule has 102 valence electrons. The van der Waals surface area contributed by atoms with Crippen LogP contribution in [0.3, 0.4) is 0 Å². The second kappa shape index (κ2) is 4.45. The average Bonchev–Trinajstić information content (AvgIpc) is 2.84. The lowest BCUT2D eigenvalue weighted by atomic mass is 10.0. The Kier molecular flexibility index (Phi) is 2.58. The van der Waals surface area contributed by atoms with E-state index >= 15 is 0 Å². The smallest absolute Gasteiger partial charge is 0.0602 e. The van der Waals surface area contributed by atoms with Crippen molar-refractivity contribution < 1.29 is 0 Å². The molecular weight excluding hydrogens is 256 g/mol. The number of para-hydroxylation sites is 1. The van der Waals surface area contributed by atoms with Crippen molar-refractivity contribution in [2.45, 2.75) is 6.92 Å². The fourth-order valence-corrected chi connectivity index (χ4v) is 3.19. The number of hydrogen-bond donors (Lipinski definition) is 0. The van der Waals surface area contributed by atoms with Gasteiger partial charge in [-0.1, -0.05) is 48.5 Å². The molecule has 4 aromatic rings. The van der Waals surface area contributed by atoms with E-state index in [2.05, 4.69) is 72.1 Å². The molecule has 0 fully saturated rings. The lowest BCUT2D eigenvalue weighted by Gasteiger charge is -2.07. The van der Waals surface area contributed by atoms with Gasteiger partial charge in [-0.25, -0.2) is 0 Å². The highest BCUT2D eigenvalue weighted by molar-refractivity contribution is 6.13. The first kappa shape index (κ1) is 12.2. The van der Waals surface area contributed by atoms with Crippen LogP contribution in [0.1, 0.15) is 5.69 Å². The molecule has 0 bridgehead atoms. The number of aryl methyl sites for hydroxylation is 2. The van der Waals surface area contributed by atoms with Crippen LogP contribution in [0.2, 0.25) is 0 Å². The average molecular weight is 272 g/mol. The Labute approximate surface area is 123 Å². The third-order valence-electron chi connectivity index (χ3n) is 4.20. The standard InChI is InChI=1S/C19H16N2/c1-13-18-15-10-6-7-11-17(15)21(2)19(18)16(12-20-13)14-8-4-3-5-9-14/h3-12H,1-2H3. The topological polar surface area (TPSA) is 17.8 Å². The molecule has 0 radical (unpaired) electrons. The van der Waals surface area contributed by atoms with Gasteiger partial charge in [-0.2, -0.15) is 0 Å². The molecule has 0 aliphatic rings. The third-order valence-corrected chi connectivity index (χ3v) is 4.20. The molecule has 2 aromatic heterocycles. The number of pyridine rings is 1. The first-order chi connectivity index (χ1) is 10.3. The maximum absolute atomic E-state index is 4.63. The molecule has 0 aliphatic carbocycles. The van der Waals surface area contributed by atoms with Crippen molar-refractivity contribution in [3.8, 4) is 11.1 Å². The van der Waals surface area contributed by atoms with Gasteiger partial charge >= 0.3 is 0 Å². The van der Waals surface area contributed by atoms with Crippen molar-refractivity contribution >= 4 is 21.8 Å². The Morgan fingerprint density at radius 3 is 2.43 bits per heavy atom. The van der Waals surface area contributed by atoms with Gasteiger partial charge in [0.25, 0.3) is 0 Å². The number of fused-ring (bicyclic) bond motifs is 3. The van der Waals surface area contributed by atoms with Crippen LogP contribution in [0.5, 0.6) is 0 Å². The predicted octanol–water partition coefficient (Wildman–Crippen LogP) is 4.70. The van der Waals surface area contributed by atoms with Gasteiger partial charge in [0.05, 0.1) is 5.52 Å². The van der Waals surface area contributed by atoms with E-state index in [1.807, 2.05) is 12.3 Å². The zero-order valence-electron chi connectivity index (χ0n) is 12.2. The summed E-state index contributed by atoms with van der Waals surface area (Å²) in [4.78, 5) is 4.63. The summed E-state index contributed by atoms with van der Waals surface area (Å²) in [5.41, 5.74) is 5.99. The van der Waals surface area contributed by atoms with Crippen molar-refractivity contribution in [1.29, 1.82) is 0 Å². The van der Waals surface area contributed by atoms with Crippen molar-refractivity contribution in [3.05, 3.63) is 66.5 Å². The molecule has 2 nitrogen and oxygen atoms in total. The number of nitrogens with zero attached hydrogens (tertiary/aromatic N) is 2. The summed E-state index contributed by atoms with van der Waals surface area (Å²) in [5.74, 6) is 0. The van der Waals surface area contributed by atoms with Gasteiger partial charge in [-0.3, -0.25) is 4.98 Å². The van der Waals surface area contributed by atoms with E-state index in [9.17, 15) is 0 Å². The van der Waals surface area contributed by atoms with E-state index < -0.39 is 0 Å². The van der Waals surface area contributed by atoms with Crippen LogP contribution in [-0.4, -0.2) is 9.55 Å². The lowest BCUT2D eigenvalue weighted by molar-refractivity contribution is 1.01. The van der Waals surface area contributed by atoms with E-state index in [1.165, 1.54) is 32.9 Å². The summed E-state index contributed by atoms with van der Waals surface area (Å²) in [6, 6.07) is 19.0. The van der Waals surface area contributed by atoms with E-state index in [0.29, 0.717) is 0 Å². The molecule has 0 saturated heterocycles. The Hall–Kier alpha value is -2.61. The molecule has 2 heterocycles. The fourth-order valence-electron chi connectivity index (χ4n) is 3.19. The summed E-state index contributed by atoms with van der Waals surface area (Å²) in [6.07, 6.45) is 1.99.